The van der Waals surface area contributed by atoms with Crippen LogP contribution in [0.25, 0.3) is 0 Å². The van der Waals surface area contributed by atoms with Crippen molar-refractivity contribution in [2.45, 2.75) is 13.0 Å². The number of hydrogen-bond donors (Lipinski definition) is 1. The van der Waals surface area contributed by atoms with Gasteiger partial charge in [0.1, 0.15) is 6.07 Å². The van der Waals surface area contributed by atoms with Crippen LogP contribution >= 0.6 is 27.5 Å². The molecule has 0 saturated heterocycles. The van der Waals surface area contributed by atoms with E-state index in [9.17, 15) is 9.59 Å². The minimum absolute atomic E-state index is 0.0158. The van der Waals surface area contributed by atoms with E-state index < -0.39 is 18.0 Å². The third-order valence-electron chi connectivity index (χ3n) is 2.78. The monoisotopic (exact) mass is 396 g/mol. The van der Waals surface area contributed by atoms with Gasteiger partial charge in [-0.2, -0.15) is 5.26 Å². The third kappa shape index (κ3) is 4.34. The van der Waals surface area contributed by atoms with E-state index in [4.69, 9.17) is 26.0 Å². The molecule has 1 aromatic carbocycles. The van der Waals surface area contributed by atoms with E-state index >= 15 is 0 Å². The number of carbonyl (C=O) groups is 2. The number of rotatable bonds is 4. The maximum atomic E-state index is 12.0. The Labute approximate surface area is 145 Å². The molecule has 1 amide bonds. The van der Waals surface area contributed by atoms with E-state index in [-0.39, 0.29) is 10.8 Å². The number of nitriles is 1. The van der Waals surface area contributed by atoms with Gasteiger partial charge in [0.25, 0.3) is 5.91 Å². The molecule has 0 aliphatic heterocycles. The molecule has 0 aliphatic rings. The zero-order valence-electron chi connectivity index (χ0n) is 11.8. The van der Waals surface area contributed by atoms with Gasteiger partial charge in [-0.15, -0.1) is 0 Å². The molecule has 2 rings (SSSR count). The molecule has 0 spiro atoms. The molecule has 1 heterocycles. The highest BCUT2D eigenvalue weighted by molar-refractivity contribution is 9.10. The van der Waals surface area contributed by atoms with E-state index in [0.29, 0.717) is 15.9 Å². The number of esters is 1. The zero-order chi connectivity index (χ0) is 17.0. The average Bonchev–Trinajstić information content (AvgIpc) is 2.94. The lowest BCUT2D eigenvalue weighted by Crippen LogP contribution is -2.29. The molecule has 2 aromatic rings. The van der Waals surface area contributed by atoms with Crippen LogP contribution in [0.2, 0.25) is 5.02 Å². The summed E-state index contributed by atoms with van der Waals surface area (Å²) in [6, 6.07) is 9.34. The predicted octanol–water partition coefficient (Wildman–Crippen LogP) is 3.75. The second kappa shape index (κ2) is 7.31. The smallest absolute Gasteiger partial charge is 0.375 e. The summed E-state index contributed by atoms with van der Waals surface area (Å²) in [4.78, 5) is 23.8. The van der Waals surface area contributed by atoms with Crippen LogP contribution in [0.1, 0.15) is 23.0 Å². The lowest BCUT2D eigenvalue weighted by Gasteiger charge is -2.13. The summed E-state index contributed by atoms with van der Waals surface area (Å²) in [7, 11) is 0. The number of hydrogen-bond acceptors (Lipinski definition) is 5. The van der Waals surface area contributed by atoms with Gasteiger partial charge in [0, 0.05) is 5.69 Å². The Morgan fingerprint density at radius 2 is 2.13 bits per heavy atom. The van der Waals surface area contributed by atoms with Crippen LogP contribution in [0.5, 0.6) is 0 Å². The predicted molar refractivity (Wildman–Crippen MR) is 86.1 cm³/mol. The van der Waals surface area contributed by atoms with E-state index in [1.54, 1.807) is 6.07 Å². The number of benzene rings is 1. The molecule has 6 nitrogen and oxygen atoms in total. The van der Waals surface area contributed by atoms with Crippen LogP contribution in [-0.4, -0.2) is 18.0 Å². The fourth-order valence-electron chi connectivity index (χ4n) is 1.62. The van der Waals surface area contributed by atoms with Crippen LogP contribution in [0.15, 0.2) is 39.4 Å². The second-order valence-corrected chi connectivity index (χ2v) is 5.64. The Morgan fingerprint density at radius 3 is 2.70 bits per heavy atom. The van der Waals surface area contributed by atoms with Gasteiger partial charge >= 0.3 is 5.97 Å². The molecule has 23 heavy (non-hydrogen) atoms. The van der Waals surface area contributed by atoms with Crippen LogP contribution in [0.3, 0.4) is 0 Å². The third-order valence-corrected chi connectivity index (χ3v) is 3.52. The van der Waals surface area contributed by atoms with Crippen LogP contribution in [-0.2, 0) is 9.53 Å². The lowest BCUT2D eigenvalue weighted by atomic mass is 10.2. The number of amides is 1. The van der Waals surface area contributed by atoms with Gasteiger partial charge in [0.15, 0.2) is 10.8 Å². The summed E-state index contributed by atoms with van der Waals surface area (Å²) in [6.07, 6.45) is -1.04. The van der Waals surface area contributed by atoms with Gasteiger partial charge in [-0.1, -0.05) is 11.6 Å². The molecule has 1 N–H and O–H groups in total. The Morgan fingerprint density at radius 1 is 1.39 bits per heavy atom. The first-order valence-corrected chi connectivity index (χ1v) is 7.54. The summed E-state index contributed by atoms with van der Waals surface area (Å²) in [5.74, 6) is -1.31. The van der Waals surface area contributed by atoms with Gasteiger partial charge in [0.2, 0.25) is 5.76 Å². The first-order chi connectivity index (χ1) is 10.9. The molecule has 0 aliphatic carbocycles. The summed E-state index contributed by atoms with van der Waals surface area (Å²) in [5.41, 5.74) is 0.690. The molecule has 1 aromatic heterocycles. The Kier molecular flexibility index (Phi) is 5.42. The number of anilines is 1. The SMILES string of the molecule is CC(OC(=O)c1ccc(Br)o1)C(=O)Nc1ccc(C#N)c(Cl)c1. The molecule has 1 unspecified atom stereocenters. The number of ether oxygens (including phenoxy) is 1. The van der Waals surface area contributed by atoms with Gasteiger partial charge < -0.3 is 14.5 Å². The van der Waals surface area contributed by atoms with Crippen molar-refractivity contribution in [2.75, 3.05) is 5.32 Å². The van der Waals surface area contributed by atoms with Crippen molar-refractivity contribution in [1.29, 1.82) is 5.26 Å². The molecule has 0 saturated carbocycles. The van der Waals surface area contributed by atoms with E-state index in [2.05, 4.69) is 21.2 Å². The maximum absolute atomic E-state index is 12.0. The minimum atomic E-state index is -1.04. The molecular formula is C15H10BrClN2O4. The topological polar surface area (TPSA) is 92.3 Å². The average molecular weight is 398 g/mol. The minimum Gasteiger partial charge on any atom is -0.447 e. The normalized spacial score (nSPS) is 11.4. The fraction of sp³-hybridized carbons (Fsp3) is 0.133. The quantitative estimate of drug-likeness (QED) is 0.793. The van der Waals surface area contributed by atoms with Crippen molar-refractivity contribution in [3.05, 3.63) is 51.3 Å². The van der Waals surface area contributed by atoms with Crippen molar-refractivity contribution < 1.29 is 18.7 Å². The summed E-state index contributed by atoms with van der Waals surface area (Å²) < 4.78 is 10.4. The first kappa shape index (κ1) is 17.1. The summed E-state index contributed by atoms with van der Waals surface area (Å²) in [5, 5.41) is 11.6. The number of carbonyl (C=O) groups excluding carboxylic acids is 2. The van der Waals surface area contributed by atoms with Gasteiger partial charge in [-0.05, 0) is 53.2 Å². The highest BCUT2D eigenvalue weighted by Crippen LogP contribution is 2.20. The van der Waals surface area contributed by atoms with Crippen molar-refractivity contribution >= 4 is 45.1 Å². The number of furan rings is 1. The second-order valence-electron chi connectivity index (χ2n) is 4.45. The van der Waals surface area contributed by atoms with Crippen molar-refractivity contribution in [1.82, 2.24) is 0 Å². The standard InChI is InChI=1S/C15H10BrClN2O4/c1-8(22-15(21)12-4-5-13(16)23-12)14(20)19-10-3-2-9(7-18)11(17)6-10/h2-6,8H,1H3,(H,19,20). The zero-order valence-corrected chi connectivity index (χ0v) is 14.1. The van der Waals surface area contributed by atoms with Gasteiger partial charge in [-0.3, -0.25) is 4.79 Å². The van der Waals surface area contributed by atoms with E-state index in [1.807, 2.05) is 6.07 Å². The largest absolute Gasteiger partial charge is 0.447 e. The van der Waals surface area contributed by atoms with Gasteiger partial charge in [0.05, 0.1) is 10.6 Å². The van der Waals surface area contributed by atoms with Crippen LogP contribution in [0.4, 0.5) is 5.69 Å². The molecular weight excluding hydrogens is 388 g/mol. The first-order valence-electron chi connectivity index (χ1n) is 6.37. The number of nitrogens with one attached hydrogen (secondary N) is 1. The summed E-state index contributed by atoms with van der Waals surface area (Å²) >= 11 is 8.95. The van der Waals surface area contributed by atoms with E-state index in [1.165, 1.54) is 31.2 Å². The molecule has 118 valence electrons. The highest BCUT2D eigenvalue weighted by Gasteiger charge is 2.21. The van der Waals surface area contributed by atoms with Crippen LogP contribution < -0.4 is 5.32 Å². The number of nitrogens with zero attached hydrogens (tertiary/aromatic N) is 1. The number of halogens is 2. The Bertz CT molecular complexity index is 797. The fourth-order valence-corrected chi connectivity index (χ4v) is 2.15. The van der Waals surface area contributed by atoms with E-state index in [0.717, 1.165) is 0 Å². The summed E-state index contributed by atoms with van der Waals surface area (Å²) in [6.45, 7) is 1.43. The maximum Gasteiger partial charge on any atom is 0.375 e. The van der Waals surface area contributed by atoms with Crippen molar-refractivity contribution in [2.24, 2.45) is 0 Å². The molecule has 0 fully saturated rings. The molecule has 1 atom stereocenters. The van der Waals surface area contributed by atoms with Gasteiger partial charge in [-0.25, -0.2) is 4.79 Å². The van der Waals surface area contributed by atoms with Crippen molar-refractivity contribution in [3.8, 4) is 6.07 Å². The lowest BCUT2D eigenvalue weighted by molar-refractivity contribution is -0.123. The Hall–Kier alpha value is -2.30. The van der Waals surface area contributed by atoms with Crippen molar-refractivity contribution in [3.63, 3.8) is 0 Å². The Balaban J connectivity index is 1.99. The molecule has 8 heteroatoms. The molecule has 0 bridgehead atoms. The van der Waals surface area contributed by atoms with Crippen LogP contribution in [0, 0.1) is 11.3 Å². The highest BCUT2D eigenvalue weighted by atomic mass is 79.9. The molecule has 0 radical (unpaired) electrons.